The molecule has 0 aliphatic carbocycles. The van der Waals surface area contributed by atoms with Crippen LogP contribution in [-0.4, -0.2) is 81.1 Å². The first-order valence-electron chi connectivity index (χ1n) is 11.1. The topological polar surface area (TPSA) is 114 Å². The number of urea groups is 1. The number of fused-ring (bicyclic) bond motifs is 1. The molecule has 0 bridgehead atoms. The van der Waals surface area contributed by atoms with E-state index in [1.54, 1.807) is 7.05 Å². The summed E-state index contributed by atoms with van der Waals surface area (Å²) in [6.07, 6.45) is -1.38. The number of amides is 4. The zero-order valence-electron chi connectivity index (χ0n) is 19.1. The summed E-state index contributed by atoms with van der Waals surface area (Å²) in [5.41, 5.74) is 1.75. The highest BCUT2D eigenvalue weighted by Crippen LogP contribution is 2.28. The molecular formula is C24H26BrN5O5. The van der Waals surface area contributed by atoms with Crippen molar-refractivity contribution >= 4 is 39.7 Å². The van der Waals surface area contributed by atoms with Gasteiger partial charge in [0, 0.05) is 24.6 Å². The molecule has 11 heteroatoms. The number of carboxylic acid groups (broad SMARTS) is 1. The number of benzene rings is 2. The fourth-order valence-electron chi connectivity index (χ4n) is 4.52. The molecule has 2 aliphatic rings. The molecule has 10 nitrogen and oxygen atoms in total. The number of carbonyl (C=O) groups excluding carboxylic acids is 3. The molecule has 2 aromatic rings. The lowest BCUT2D eigenvalue weighted by Gasteiger charge is -2.54. The molecule has 2 heterocycles. The maximum absolute atomic E-state index is 13.3. The van der Waals surface area contributed by atoms with Crippen molar-refractivity contribution < 1.29 is 24.3 Å². The number of halogens is 1. The van der Waals surface area contributed by atoms with Crippen LogP contribution >= 0.6 is 15.9 Å². The average molecular weight is 544 g/mol. The van der Waals surface area contributed by atoms with Crippen molar-refractivity contribution in [1.82, 2.24) is 25.1 Å². The van der Waals surface area contributed by atoms with Gasteiger partial charge in [0.25, 0.3) is 0 Å². The van der Waals surface area contributed by atoms with Crippen LogP contribution in [0, 0.1) is 0 Å². The highest BCUT2D eigenvalue weighted by molar-refractivity contribution is 9.10. The van der Waals surface area contributed by atoms with E-state index in [1.165, 1.54) is 19.8 Å². The molecule has 4 amide bonds. The zero-order chi connectivity index (χ0) is 25.1. The van der Waals surface area contributed by atoms with Crippen LogP contribution in [0.2, 0.25) is 0 Å². The molecule has 0 radical (unpaired) electrons. The van der Waals surface area contributed by atoms with E-state index in [0.717, 1.165) is 15.6 Å². The van der Waals surface area contributed by atoms with E-state index < -0.39 is 42.4 Å². The molecule has 0 unspecified atom stereocenters. The van der Waals surface area contributed by atoms with Gasteiger partial charge in [0.05, 0.1) is 19.5 Å². The van der Waals surface area contributed by atoms with Crippen molar-refractivity contribution in [2.24, 2.45) is 0 Å². The quantitative estimate of drug-likeness (QED) is 0.574. The normalized spacial score (nSPS) is 20.6. The van der Waals surface area contributed by atoms with Gasteiger partial charge >= 0.3 is 12.0 Å². The first-order valence-corrected chi connectivity index (χ1v) is 11.9. The number of rotatable bonds is 6. The van der Waals surface area contributed by atoms with E-state index in [-0.39, 0.29) is 26.2 Å². The molecule has 0 spiro atoms. The number of hydrogen-bond donors (Lipinski definition) is 2. The predicted octanol–water partition coefficient (Wildman–Crippen LogP) is 1.86. The molecule has 4 rings (SSSR count). The maximum Gasteiger partial charge on any atom is 0.334 e. The van der Waals surface area contributed by atoms with Gasteiger partial charge in [0.15, 0.2) is 0 Å². The van der Waals surface area contributed by atoms with E-state index in [2.05, 4.69) is 21.2 Å². The van der Waals surface area contributed by atoms with Gasteiger partial charge in [0.1, 0.15) is 12.2 Å². The summed E-state index contributed by atoms with van der Waals surface area (Å²) < 4.78 is 0.845. The van der Waals surface area contributed by atoms with Crippen LogP contribution in [0.1, 0.15) is 17.5 Å². The maximum atomic E-state index is 13.3. The van der Waals surface area contributed by atoms with Crippen LogP contribution < -0.4 is 5.32 Å². The molecule has 2 atom stereocenters. The van der Waals surface area contributed by atoms with Gasteiger partial charge in [-0.05, 0) is 23.3 Å². The Morgan fingerprint density at radius 2 is 1.80 bits per heavy atom. The minimum atomic E-state index is -1.20. The Morgan fingerprint density at radius 1 is 1.09 bits per heavy atom. The van der Waals surface area contributed by atoms with Gasteiger partial charge in [-0.3, -0.25) is 14.4 Å². The summed E-state index contributed by atoms with van der Waals surface area (Å²) in [5, 5.41) is 15.3. The monoisotopic (exact) mass is 543 g/mol. The van der Waals surface area contributed by atoms with Gasteiger partial charge < -0.3 is 20.2 Å². The van der Waals surface area contributed by atoms with Crippen molar-refractivity contribution in [1.29, 1.82) is 0 Å². The number of hydrazine groups is 1. The third-order valence-electron chi connectivity index (χ3n) is 6.06. The fraction of sp³-hybridized carbons (Fsp3) is 0.333. The molecule has 184 valence electrons. The average Bonchev–Trinajstić information content (AvgIpc) is 2.80. The molecule has 0 aromatic heterocycles. The van der Waals surface area contributed by atoms with Crippen LogP contribution in [0.15, 0.2) is 59.1 Å². The minimum Gasteiger partial charge on any atom is -0.481 e. The largest absolute Gasteiger partial charge is 0.481 e. The molecule has 2 saturated heterocycles. The summed E-state index contributed by atoms with van der Waals surface area (Å²) >= 11 is 3.42. The second kappa shape index (κ2) is 10.4. The van der Waals surface area contributed by atoms with Gasteiger partial charge in [-0.2, -0.15) is 0 Å². The van der Waals surface area contributed by atoms with Crippen molar-refractivity contribution in [3.63, 3.8) is 0 Å². The van der Waals surface area contributed by atoms with E-state index >= 15 is 0 Å². The standard InChI is InChI=1S/C24H26BrN5O5/c1-27-15-21(31)29-19(11-22(32)33)23(34)28(13-17-8-5-9-18(25)10-17)14-20(29)30(27)24(35)26-12-16-6-3-2-4-7-16/h2-10,19-20H,11-15H2,1H3,(H,26,35)(H,32,33)/t19-,20-/m0/s1. The van der Waals surface area contributed by atoms with Gasteiger partial charge in [-0.25, -0.2) is 14.8 Å². The Kier molecular flexibility index (Phi) is 7.37. The Balaban J connectivity index is 1.62. The Labute approximate surface area is 211 Å². The minimum absolute atomic E-state index is 0.0519. The SMILES string of the molecule is CN1CC(=O)N2[C@@H](CC(=O)O)C(=O)N(Cc3cccc(Br)c3)C[C@@H]2N1C(=O)NCc1ccccc1. The van der Waals surface area contributed by atoms with Crippen molar-refractivity contribution in [3.05, 3.63) is 70.2 Å². The van der Waals surface area contributed by atoms with Crippen molar-refractivity contribution in [2.45, 2.75) is 31.7 Å². The summed E-state index contributed by atoms with van der Waals surface area (Å²) in [6, 6.07) is 15.2. The molecule has 2 N–H and O–H groups in total. The Hall–Kier alpha value is -3.44. The van der Waals surface area contributed by atoms with E-state index in [9.17, 15) is 24.3 Å². The van der Waals surface area contributed by atoms with Crippen molar-refractivity contribution in [3.8, 4) is 0 Å². The number of hydrogen-bond acceptors (Lipinski definition) is 5. The summed E-state index contributed by atoms with van der Waals surface area (Å²) in [7, 11) is 1.62. The molecule has 2 aliphatic heterocycles. The highest BCUT2D eigenvalue weighted by Gasteiger charge is 2.51. The third kappa shape index (κ3) is 5.46. The summed E-state index contributed by atoms with van der Waals surface area (Å²) in [5.74, 6) is -2.05. The van der Waals surface area contributed by atoms with Gasteiger partial charge in [0.2, 0.25) is 11.8 Å². The number of likely N-dealkylation sites (N-methyl/N-ethyl adjacent to an activating group) is 1. The second-order valence-electron chi connectivity index (χ2n) is 8.55. The van der Waals surface area contributed by atoms with Gasteiger partial charge in [-0.1, -0.05) is 58.4 Å². The molecule has 2 aromatic carbocycles. The van der Waals surface area contributed by atoms with Crippen molar-refractivity contribution in [2.75, 3.05) is 20.1 Å². The number of carboxylic acids is 1. The lowest BCUT2D eigenvalue weighted by atomic mass is 10.0. The molecule has 2 fully saturated rings. The smallest absolute Gasteiger partial charge is 0.334 e. The number of piperazine rings is 1. The number of aliphatic carboxylic acids is 1. The third-order valence-corrected chi connectivity index (χ3v) is 6.56. The number of nitrogens with one attached hydrogen (secondary N) is 1. The number of carbonyl (C=O) groups is 4. The molecular weight excluding hydrogens is 518 g/mol. The number of nitrogens with zero attached hydrogens (tertiary/aromatic N) is 4. The second-order valence-corrected chi connectivity index (χ2v) is 9.46. The Morgan fingerprint density at radius 3 is 2.49 bits per heavy atom. The van der Waals surface area contributed by atoms with Crippen LogP contribution in [0.3, 0.4) is 0 Å². The van der Waals surface area contributed by atoms with Crippen LogP contribution in [-0.2, 0) is 27.5 Å². The summed E-state index contributed by atoms with van der Waals surface area (Å²) in [4.78, 5) is 54.0. The van der Waals surface area contributed by atoms with Crippen LogP contribution in [0.5, 0.6) is 0 Å². The summed E-state index contributed by atoms with van der Waals surface area (Å²) in [6.45, 7) is 0.403. The van der Waals surface area contributed by atoms with Crippen LogP contribution in [0.4, 0.5) is 4.79 Å². The van der Waals surface area contributed by atoms with E-state index in [0.29, 0.717) is 0 Å². The fourth-order valence-corrected chi connectivity index (χ4v) is 4.97. The molecule has 35 heavy (non-hydrogen) atoms. The van der Waals surface area contributed by atoms with Gasteiger partial charge in [-0.15, -0.1) is 0 Å². The lowest BCUT2D eigenvalue weighted by Crippen LogP contribution is -2.76. The molecule has 0 saturated carbocycles. The highest BCUT2D eigenvalue weighted by atomic mass is 79.9. The van der Waals surface area contributed by atoms with Crippen LogP contribution in [0.25, 0.3) is 0 Å². The first kappa shape index (κ1) is 24.7. The lowest BCUT2D eigenvalue weighted by molar-refractivity contribution is -0.189. The predicted molar refractivity (Wildman–Crippen MR) is 129 cm³/mol. The first-order chi connectivity index (χ1) is 16.7. The van der Waals surface area contributed by atoms with E-state index in [1.807, 2.05) is 54.6 Å². The van der Waals surface area contributed by atoms with E-state index in [4.69, 9.17) is 0 Å². The zero-order valence-corrected chi connectivity index (χ0v) is 20.7. The Bertz CT molecular complexity index is 1130.